The number of anilines is 1. The number of hydrogen-bond acceptors (Lipinski definition) is 5. The maximum atomic E-state index is 6.09. The molecular weight excluding hydrogens is 278 g/mol. The Bertz CT molecular complexity index is 569. The molecule has 2 heterocycles. The summed E-state index contributed by atoms with van der Waals surface area (Å²) in [4.78, 5) is 8.22. The summed E-state index contributed by atoms with van der Waals surface area (Å²) in [6.45, 7) is 7.62. The van der Waals surface area contributed by atoms with E-state index in [9.17, 15) is 0 Å². The third-order valence-electron chi connectivity index (χ3n) is 2.92. The third kappa shape index (κ3) is 3.58. The molecule has 0 atom stereocenters. The number of rotatable bonds is 7. The number of halogens is 1. The smallest absolute Gasteiger partial charge is 0.255 e. The Morgan fingerprint density at radius 3 is 2.95 bits per heavy atom. The van der Waals surface area contributed by atoms with E-state index in [0.29, 0.717) is 17.0 Å². The minimum Gasteiger partial charge on any atom is -0.379 e. The monoisotopic (exact) mass is 297 g/mol. The molecule has 0 aliphatic carbocycles. The molecule has 0 spiro atoms. The Labute approximate surface area is 123 Å². The largest absolute Gasteiger partial charge is 0.379 e. The first kappa shape index (κ1) is 15.0. The average molecular weight is 298 g/mol. The number of unbranched alkanes of at least 4 members (excludes halogenated alkanes) is 1. The molecule has 2 aromatic rings. The maximum Gasteiger partial charge on any atom is 0.255 e. The summed E-state index contributed by atoms with van der Waals surface area (Å²) in [7, 11) is 0. The van der Waals surface area contributed by atoms with Crippen molar-refractivity contribution in [2.75, 3.05) is 18.5 Å². The summed E-state index contributed by atoms with van der Waals surface area (Å²) in [5.41, 5.74) is 0.878. The van der Waals surface area contributed by atoms with Crippen molar-refractivity contribution in [2.45, 2.75) is 39.7 Å². The van der Waals surface area contributed by atoms with E-state index < -0.39 is 0 Å². The number of nitrogens with one attached hydrogen (secondary N) is 1. The van der Waals surface area contributed by atoms with E-state index in [-0.39, 0.29) is 0 Å². The van der Waals surface area contributed by atoms with Gasteiger partial charge in [0.25, 0.3) is 5.78 Å². The average Bonchev–Trinajstić information content (AvgIpc) is 2.84. The molecule has 0 aliphatic rings. The Morgan fingerprint density at radius 2 is 2.20 bits per heavy atom. The van der Waals surface area contributed by atoms with Crippen molar-refractivity contribution in [3.05, 3.63) is 17.0 Å². The zero-order valence-electron chi connectivity index (χ0n) is 12.1. The molecule has 0 unspecified atom stereocenters. The molecule has 0 fully saturated rings. The zero-order valence-corrected chi connectivity index (χ0v) is 12.8. The Kier molecular flexibility index (Phi) is 5.14. The van der Waals surface area contributed by atoms with Gasteiger partial charge >= 0.3 is 0 Å². The molecule has 0 aromatic carbocycles. The summed E-state index contributed by atoms with van der Waals surface area (Å²) in [6, 6.07) is 0. The second-order valence-corrected chi connectivity index (χ2v) is 5.26. The SMILES string of the molecule is Cc1c(Cl)nc2ncnn2c1NCCCCOC(C)C. The second-order valence-electron chi connectivity index (χ2n) is 4.90. The summed E-state index contributed by atoms with van der Waals surface area (Å²) in [6.07, 6.45) is 3.80. The zero-order chi connectivity index (χ0) is 14.5. The molecule has 0 saturated carbocycles. The van der Waals surface area contributed by atoms with Crippen molar-refractivity contribution < 1.29 is 4.74 Å². The van der Waals surface area contributed by atoms with Crippen LogP contribution in [0.4, 0.5) is 5.82 Å². The molecular formula is C13H20ClN5O. The topological polar surface area (TPSA) is 64.3 Å². The quantitative estimate of drug-likeness (QED) is 0.629. The van der Waals surface area contributed by atoms with Gasteiger partial charge in [-0.3, -0.25) is 0 Å². The van der Waals surface area contributed by atoms with Crippen molar-refractivity contribution in [1.82, 2.24) is 19.6 Å². The van der Waals surface area contributed by atoms with Crippen LogP contribution >= 0.6 is 11.6 Å². The molecule has 2 aromatic heterocycles. The van der Waals surface area contributed by atoms with Crippen molar-refractivity contribution in [3.8, 4) is 0 Å². The lowest BCUT2D eigenvalue weighted by atomic mass is 10.3. The highest BCUT2D eigenvalue weighted by Crippen LogP contribution is 2.21. The Morgan fingerprint density at radius 1 is 1.40 bits per heavy atom. The van der Waals surface area contributed by atoms with Gasteiger partial charge in [0.05, 0.1) is 6.10 Å². The van der Waals surface area contributed by atoms with Gasteiger partial charge in [0.1, 0.15) is 17.3 Å². The van der Waals surface area contributed by atoms with E-state index in [2.05, 4.69) is 20.4 Å². The van der Waals surface area contributed by atoms with Crippen LogP contribution in [0.1, 0.15) is 32.3 Å². The lowest BCUT2D eigenvalue weighted by molar-refractivity contribution is 0.0765. The fraction of sp³-hybridized carbons (Fsp3) is 0.615. The standard InChI is InChI=1S/C13H20ClN5O/c1-9(2)20-7-5-4-6-15-12-10(3)11(14)18-13-16-8-17-19(12)13/h8-9,15H,4-7H2,1-3H3. The molecule has 7 heteroatoms. The lowest BCUT2D eigenvalue weighted by Gasteiger charge is -2.12. The molecule has 110 valence electrons. The molecule has 1 N–H and O–H groups in total. The number of ether oxygens (including phenoxy) is 1. The van der Waals surface area contributed by atoms with Gasteiger partial charge in [-0.1, -0.05) is 11.6 Å². The molecule has 6 nitrogen and oxygen atoms in total. The first-order chi connectivity index (χ1) is 9.59. The first-order valence-corrected chi connectivity index (χ1v) is 7.18. The van der Waals surface area contributed by atoms with Crippen molar-refractivity contribution in [3.63, 3.8) is 0 Å². The van der Waals surface area contributed by atoms with Gasteiger partial charge in [0.15, 0.2) is 0 Å². The minimum absolute atomic E-state index is 0.291. The predicted octanol–water partition coefficient (Wildman–Crippen LogP) is 2.70. The van der Waals surface area contributed by atoms with Crippen LogP contribution in [-0.4, -0.2) is 38.8 Å². The summed E-state index contributed by atoms with van der Waals surface area (Å²) in [5, 5.41) is 7.96. The minimum atomic E-state index is 0.291. The van der Waals surface area contributed by atoms with Crippen LogP contribution in [0.25, 0.3) is 5.78 Å². The van der Waals surface area contributed by atoms with Crippen LogP contribution in [0.5, 0.6) is 0 Å². The maximum absolute atomic E-state index is 6.09. The Balaban J connectivity index is 1.92. The van der Waals surface area contributed by atoms with Gasteiger partial charge < -0.3 is 10.1 Å². The normalized spacial score (nSPS) is 11.4. The van der Waals surface area contributed by atoms with Crippen LogP contribution in [0.15, 0.2) is 6.33 Å². The second kappa shape index (κ2) is 6.85. The highest BCUT2D eigenvalue weighted by molar-refractivity contribution is 6.30. The summed E-state index contributed by atoms with van der Waals surface area (Å²) in [5.74, 6) is 1.36. The van der Waals surface area contributed by atoms with E-state index in [1.54, 1.807) is 4.52 Å². The number of fused-ring (bicyclic) bond motifs is 1. The number of nitrogens with zero attached hydrogens (tertiary/aromatic N) is 4. The fourth-order valence-electron chi connectivity index (χ4n) is 1.86. The number of aromatic nitrogens is 4. The van der Waals surface area contributed by atoms with E-state index in [1.165, 1.54) is 6.33 Å². The van der Waals surface area contributed by atoms with Gasteiger partial charge in [-0.15, -0.1) is 0 Å². The van der Waals surface area contributed by atoms with E-state index in [0.717, 1.165) is 37.4 Å². The first-order valence-electron chi connectivity index (χ1n) is 6.81. The lowest BCUT2D eigenvalue weighted by Crippen LogP contribution is -2.11. The van der Waals surface area contributed by atoms with Crippen LogP contribution in [-0.2, 0) is 4.74 Å². The summed E-state index contributed by atoms with van der Waals surface area (Å²) >= 11 is 6.09. The van der Waals surface area contributed by atoms with Crippen LogP contribution in [0.3, 0.4) is 0 Å². The van der Waals surface area contributed by atoms with Gasteiger partial charge in [-0.25, -0.2) is 0 Å². The van der Waals surface area contributed by atoms with Gasteiger partial charge in [0.2, 0.25) is 0 Å². The van der Waals surface area contributed by atoms with Gasteiger partial charge in [-0.05, 0) is 33.6 Å². The molecule has 20 heavy (non-hydrogen) atoms. The van der Waals surface area contributed by atoms with Gasteiger partial charge in [-0.2, -0.15) is 19.6 Å². The highest BCUT2D eigenvalue weighted by Gasteiger charge is 2.11. The highest BCUT2D eigenvalue weighted by atomic mass is 35.5. The molecule has 0 bridgehead atoms. The molecule has 0 aliphatic heterocycles. The Hall–Kier alpha value is -1.40. The predicted molar refractivity (Wildman–Crippen MR) is 79.3 cm³/mol. The van der Waals surface area contributed by atoms with Crippen LogP contribution in [0, 0.1) is 6.92 Å². The summed E-state index contributed by atoms with van der Waals surface area (Å²) < 4.78 is 7.18. The van der Waals surface area contributed by atoms with E-state index >= 15 is 0 Å². The van der Waals surface area contributed by atoms with E-state index in [4.69, 9.17) is 16.3 Å². The van der Waals surface area contributed by atoms with Crippen molar-refractivity contribution in [2.24, 2.45) is 0 Å². The molecule has 0 amide bonds. The van der Waals surface area contributed by atoms with Crippen molar-refractivity contribution in [1.29, 1.82) is 0 Å². The molecule has 2 rings (SSSR count). The third-order valence-corrected chi connectivity index (χ3v) is 3.29. The molecule has 0 radical (unpaired) electrons. The number of hydrogen-bond donors (Lipinski definition) is 1. The van der Waals surface area contributed by atoms with Crippen molar-refractivity contribution >= 4 is 23.2 Å². The van der Waals surface area contributed by atoms with Crippen LogP contribution < -0.4 is 5.32 Å². The van der Waals surface area contributed by atoms with Gasteiger partial charge in [0, 0.05) is 18.7 Å². The molecule has 0 saturated heterocycles. The van der Waals surface area contributed by atoms with E-state index in [1.807, 2.05) is 20.8 Å². The fourth-order valence-corrected chi connectivity index (χ4v) is 2.02. The van der Waals surface area contributed by atoms with Crippen LogP contribution in [0.2, 0.25) is 5.15 Å².